The first kappa shape index (κ1) is 18.7. The van der Waals surface area contributed by atoms with Crippen molar-refractivity contribution in [3.05, 3.63) is 40.2 Å². The third-order valence-electron chi connectivity index (χ3n) is 5.62. The maximum Gasteiger partial charge on any atom is 0.276 e. The molecule has 2 aliphatic rings. The zero-order valence-electron chi connectivity index (χ0n) is 16.0. The third kappa shape index (κ3) is 4.59. The fraction of sp³-hybridized carbons (Fsp3) is 0.600. The van der Waals surface area contributed by atoms with Gasteiger partial charge >= 0.3 is 0 Å². The van der Waals surface area contributed by atoms with Crippen molar-refractivity contribution in [2.75, 3.05) is 32.7 Å². The quantitative estimate of drug-likeness (QED) is 0.788. The molecule has 0 bridgehead atoms. The van der Waals surface area contributed by atoms with Gasteiger partial charge in [0.05, 0.1) is 6.54 Å². The molecule has 1 unspecified atom stereocenters. The maximum absolute atomic E-state index is 12.7. The van der Waals surface area contributed by atoms with Gasteiger partial charge in [-0.3, -0.25) is 14.6 Å². The number of carbonyl (C=O) groups excluding carboxylic acids is 1. The van der Waals surface area contributed by atoms with Gasteiger partial charge in [0.15, 0.2) is 5.69 Å². The second-order valence-electron chi connectivity index (χ2n) is 7.60. The van der Waals surface area contributed by atoms with Crippen molar-refractivity contribution in [2.24, 2.45) is 0 Å². The Morgan fingerprint density at radius 1 is 1.19 bits per heavy atom. The fourth-order valence-electron chi connectivity index (χ4n) is 3.95. The minimum Gasteiger partial charge on any atom is -0.447 e. The number of hydrogen-bond donors (Lipinski definition) is 0. The van der Waals surface area contributed by atoms with E-state index in [0.717, 1.165) is 52.1 Å². The van der Waals surface area contributed by atoms with Gasteiger partial charge in [-0.25, -0.2) is 4.98 Å². The molecular formula is C20H28N4O2S. The topological polar surface area (TPSA) is 52.8 Å². The molecule has 2 fully saturated rings. The molecule has 2 aromatic heterocycles. The zero-order valence-corrected chi connectivity index (χ0v) is 16.8. The molecule has 1 amide bonds. The molecular weight excluding hydrogens is 360 g/mol. The summed E-state index contributed by atoms with van der Waals surface area (Å²) >= 11 is 1.82. The largest absolute Gasteiger partial charge is 0.447 e. The van der Waals surface area contributed by atoms with Gasteiger partial charge in [-0.15, -0.1) is 11.3 Å². The number of oxazole rings is 1. The summed E-state index contributed by atoms with van der Waals surface area (Å²) in [6, 6.07) is 4.61. The summed E-state index contributed by atoms with van der Waals surface area (Å²) in [7, 11) is 0. The van der Waals surface area contributed by atoms with Crippen LogP contribution < -0.4 is 0 Å². The van der Waals surface area contributed by atoms with Gasteiger partial charge in [-0.1, -0.05) is 6.07 Å². The Morgan fingerprint density at radius 3 is 2.67 bits per heavy atom. The standard InChI is InChI=1S/C20H28N4O2S/c1-16-5-2-3-7-24(16)20(25)18-15-26-19(21-18)14-23-10-8-22(9-11-23)13-17-6-4-12-27-17/h4,6,12,15-16H,2-3,5,7-11,13-14H2,1H3. The van der Waals surface area contributed by atoms with Gasteiger partial charge < -0.3 is 9.32 Å². The van der Waals surface area contributed by atoms with E-state index in [-0.39, 0.29) is 5.91 Å². The number of rotatable bonds is 5. The molecule has 0 aliphatic carbocycles. The number of nitrogens with zero attached hydrogens (tertiary/aromatic N) is 4. The predicted molar refractivity (Wildman–Crippen MR) is 106 cm³/mol. The smallest absolute Gasteiger partial charge is 0.276 e. The first-order valence-electron chi connectivity index (χ1n) is 9.91. The fourth-order valence-corrected chi connectivity index (χ4v) is 4.69. The summed E-state index contributed by atoms with van der Waals surface area (Å²) in [6.45, 7) is 8.76. The first-order chi connectivity index (χ1) is 13.2. The van der Waals surface area contributed by atoms with Crippen LogP contribution in [-0.4, -0.2) is 64.4 Å². The number of likely N-dealkylation sites (tertiary alicyclic amines) is 1. The van der Waals surface area contributed by atoms with Crippen LogP contribution in [0, 0.1) is 0 Å². The van der Waals surface area contributed by atoms with Gasteiger partial charge in [0.2, 0.25) is 5.89 Å². The molecule has 27 heavy (non-hydrogen) atoms. The lowest BCUT2D eigenvalue weighted by atomic mass is 10.0. The number of piperidine rings is 1. The van der Waals surface area contributed by atoms with E-state index in [1.807, 2.05) is 16.2 Å². The van der Waals surface area contributed by atoms with E-state index in [1.54, 1.807) is 0 Å². The molecule has 2 aromatic rings. The number of thiophene rings is 1. The second kappa shape index (κ2) is 8.54. The molecule has 7 heteroatoms. The van der Waals surface area contributed by atoms with E-state index >= 15 is 0 Å². The van der Waals surface area contributed by atoms with Crippen LogP contribution >= 0.6 is 11.3 Å². The average molecular weight is 389 g/mol. The Kier molecular flexibility index (Phi) is 5.90. The minimum absolute atomic E-state index is 0.0120. The molecule has 0 saturated carbocycles. The van der Waals surface area contributed by atoms with E-state index in [2.05, 4.69) is 39.2 Å². The summed E-state index contributed by atoms with van der Waals surface area (Å²) in [4.78, 5) is 25.4. The molecule has 0 spiro atoms. The Balaban J connectivity index is 1.28. The minimum atomic E-state index is 0.0120. The average Bonchev–Trinajstić information content (AvgIpc) is 3.35. The lowest BCUT2D eigenvalue weighted by Crippen LogP contribution is -2.45. The molecule has 0 aromatic carbocycles. The molecule has 2 aliphatic heterocycles. The van der Waals surface area contributed by atoms with Gasteiger partial charge in [0.1, 0.15) is 6.26 Å². The molecule has 4 heterocycles. The highest BCUT2D eigenvalue weighted by Gasteiger charge is 2.27. The molecule has 1 atom stereocenters. The van der Waals surface area contributed by atoms with Crippen LogP contribution in [0.5, 0.6) is 0 Å². The lowest BCUT2D eigenvalue weighted by molar-refractivity contribution is 0.0629. The number of hydrogen-bond acceptors (Lipinski definition) is 6. The Morgan fingerprint density at radius 2 is 1.96 bits per heavy atom. The number of aromatic nitrogens is 1. The Labute approximate surface area is 164 Å². The molecule has 4 rings (SSSR count). The van der Waals surface area contributed by atoms with Crippen molar-refractivity contribution in [2.45, 2.75) is 45.3 Å². The van der Waals surface area contributed by atoms with E-state index in [9.17, 15) is 4.79 Å². The van der Waals surface area contributed by atoms with E-state index < -0.39 is 0 Å². The second-order valence-corrected chi connectivity index (χ2v) is 8.63. The molecule has 2 saturated heterocycles. The third-order valence-corrected chi connectivity index (χ3v) is 6.48. The van der Waals surface area contributed by atoms with Crippen LogP contribution in [0.1, 0.15) is 47.4 Å². The summed E-state index contributed by atoms with van der Waals surface area (Å²) in [5.74, 6) is 0.660. The van der Waals surface area contributed by atoms with Gasteiger partial charge in [-0.2, -0.15) is 0 Å². The van der Waals surface area contributed by atoms with E-state index in [1.165, 1.54) is 17.6 Å². The van der Waals surface area contributed by atoms with Gasteiger partial charge in [-0.05, 0) is 37.6 Å². The van der Waals surface area contributed by atoms with Crippen molar-refractivity contribution >= 4 is 17.2 Å². The highest BCUT2D eigenvalue weighted by atomic mass is 32.1. The predicted octanol–water partition coefficient (Wildman–Crippen LogP) is 3.07. The van der Waals surface area contributed by atoms with Crippen LogP contribution in [-0.2, 0) is 13.1 Å². The van der Waals surface area contributed by atoms with Crippen molar-refractivity contribution in [3.63, 3.8) is 0 Å². The summed E-state index contributed by atoms with van der Waals surface area (Å²) in [5.41, 5.74) is 0.454. The van der Waals surface area contributed by atoms with E-state index in [0.29, 0.717) is 24.2 Å². The van der Waals surface area contributed by atoms with Crippen LogP contribution in [0.15, 0.2) is 28.2 Å². The molecule has 6 nitrogen and oxygen atoms in total. The normalized spacial score (nSPS) is 22.3. The Hall–Kier alpha value is -1.70. The molecule has 146 valence electrons. The van der Waals surface area contributed by atoms with Crippen LogP contribution in [0.3, 0.4) is 0 Å². The SMILES string of the molecule is CC1CCCCN1C(=O)c1coc(CN2CCN(Cc3cccs3)CC2)n1. The summed E-state index contributed by atoms with van der Waals surface area (Å²) < 4.78 is 5.61. The maximum atomic E-state index is 12.7. The highest BCUT2D eigenvalue weighted by Crippen LogP contribution is 2.20. The summed E-state index contributed by atoms with van der Waals surface area (Å²) in [5, 5.41) is 2.14. The van der Waals surface area contributed by atoms with Crippen molar-refractivity contribution < 1.29 is 9.21 Å². The number of piperazine rings is 1. The van der Waals surface area contributed by atoms with Crippen LogP contribution in [0.25, 0.3) is 0 Å². The molecule has 0 N–H and O–H groups in total. The first-order valence-corrected chi connectivity index (χ1v) is 10.8. The van der Waals surface area contributed by atoms with Gasteiger partial charge in [0, 0.05) is 50.2 Å². The van der Waals surface area contributed by atoms with Gasteiger partial charge in [0.25, 0.3) is 5.91 Å². The van der Waals surface area contributed by atoms with Crippen molar-refractivity contribution in [1.82, 2.24) is 19.7 Å². The van der Waals surface area contributed by atoms with Crippen LogP contribution in [0.4, 0.5) is 0 Å². The Bertz CT molecular complexity index is 737. The monoisotopic (exact) mass is 388 g/mol. The zero-order chi connectivity index (χ0) is 18.6. The number of amides is 1. The van der Waals surface area contributed by atoms with E-state index in [4.69, 9.17) is 4.42 Å². The molecule has 0 radical (unpaired) electrons. The number of carbonyl (C=O) groups is 1. The summed E-state index contributed by atoms with van der Waals surface area (Å²) in [6.07, 6.45) is 4.89. The lowest BCUT2D eigenvalue weighted by Gasteiger charge is -2.33. The van der Waals surface area contributed by atoms with Crippen LogP contribution in [0.2, 0.25) is 0 Å². The van der Waals surface area contributed by atoms with Crippen molar-refractivity contribution in [3.8, 4) is 0 Å². The van der Waals surface area contributed by atoms with Crippen molar-refractivity contribution in [1.29, 1.82) is 0 Å². The highest BCUT2D eigenvalue weighted by molar-refractivity contribution is 7.09.